The molecule has 2 fully saturated rings. The molecule has 2 aliphatic rings. The Labute approximate surface area is 140 Å². The van der Waals surface area contributed by atoms with Gasteiger partial charge in [0.15, 0.2) is 0 Å². The lowest BCUT2D eigenvalue weighted by Gasteiger charge is -2.39. The molecule has 1 heterocycles. The highest BCUT2D eigenvalue weighted by Gasteiger charge is 2.26. The Bertz CT molecular complexity index is 492. The quantitative estimate of drug-likeness (QED) is 0.892. The highest BCUT2D eigenvalue weighted by atomic mass is 16.5. The summed E-state index contributed by atoms with van der Waals surface area (Å²) >= 11 is 0. The molecule has 1 N–H and O–H groups in total. The summed E-state index contributed by atoms with van der Waals surface area (Å²) in [6.07, 6.45) is 9.52. The largest absolute Gasteiger partial charge is 0.497 e. The van der Waals surface area contributed by atoms with E-state index in [9.17, 15) is 0 Å². The van der Waals surface area contributed by atoms with E-state index in [2.05, 4.69) is 16.3 Å². The fourth-order valence-electron chi connectivity index (χ4n) is 3.99. The van der Waals surface area contributed by atoms with Crippen LogP contribution in [0.4, 0.5) is 5.69 Å². The van der Waals surface area contributed by atoms with Crippen LogP contribution in [0.1, 0.15) is 44.9 Å². The Morgan fingerprint density at radius 2 is 1.70 bits per heavy atom. The monoisotopic (exact) mass is 318 g/mol. The fraction of sp³-hybridized carbons (Fsp3) is 0.684. The summed E-state index contributed by atoms with van der Waals surface area (Å²) in [6.45, 7) is 2.45. The van der Waals surface area contributed by atoms with E-state index >= 15 is 0 Å². The minimum absolute atomic E-state index is 0.539. The van der Waals surface area contributed by atoms with Crippen molar-refractivity contribution in [1.29, 1.82) is 0 Å². The first-order chi connectivity index (χ1) is 11.3. The van der Waals surface area contributed by atoms with E-state index in [1.807, 2.05) is 12.1 Å². The van der Waals surface area contributed by atoms with Gasteiger partial charge in [0, 0.05) is 31.2 Å². The molecule has 1 aromatic carbocycles. The Morgan fingerprint density at radius 3 is 2.35 bits per heavy atom. The van der Waals surface area contributed by atoms with Crippen LogP contribution in [0.5, 0.6) is 11.5 Å². The standard InChI is InChI=1S/C19H30N2O2/c1-22-17-8-9-18(19(14-17)23-2)20-15-10-12-21(13-11-15)16-6-4-3-5-7-16/h8-9,14-16,20H,3-7,10-13H2,1-2H3. The Hall–Kier alpha value is -1.42. The molecule has 0 atom stereocenters. The van der Waals surface area contributed by atoms with Gasteiger partial charge in [0.2, 0.25) is 0 Å². The van der Waals surface area contributed by atoms with Gasteiger partial charge >= 0.3 is 0 Å². The van der Waals surface area contributed by atoms with Crippen LogP contribution in [0, 0.1) is 0 Å². The lowest BCUT2D eigenvalue weighted by molar-refractivity contribution is 0.126. The normalized spacial score (nSPS) is 21.1. The van der Waals surface area contributed by atoms with E-state index in [1.165, 1.54) is 58.0 Å². The average molecular weight is 318 g/mol. The predicted molar refractivity (Wildman–Crippen MR) is 94.6 cm³/mol. The van der Waals surface area contributed by atoms with Crippen molar-refractivity contribution in [3.8, 4) is 11.5 Å². The molecule has 0 bridgehead atoms. The van der Waals surface area contributed by atoms with Crippen molar-refractivity contribution in [2.45, 2.75) is 57.0 Å². The number of methoxy groups -OCH3 is 2. The number of benzene rings is 1. The zero-order chi connectivity index (χ0) is 16.1. The van der Waals surface area contributed by atoms with Crippen molar-refractivity contribution in [1.82, 2.24) is 4.90 Å². The van der Waals surface area contributed by atoms with Gasteiger partial charge in [-0.15, -0.1) is 0 Å². The molecule has 23 heavy (non-hydrogen) atoms. The zero-order valence-electron chi connectivity index (χ0n) is 14.5. The molecule has 1 aliphatic carbocycles. The van der Waals surface area contributed by atoms with Crippen molar-refractivity contribution in [3.05, 3.63) is 18.2 Å². The van der Waals surface area contributed by atoms with Crippen LogP contribution in [0.25, 0.3) is 0 Å². The molecule has 0 aromatic heterocycles. The molecule has 4 nitrogen and oxygen atoms in total. The van der Waals surface area contributed by atoms with Crippen LogP contribution >= 0.6 is 0 Å². The summed E-state index contributed by atoms with van der Waals surface area (Å²) in [7, 11) is 3.40. The lowest BCUT2D eigenvalue weighted by atomic mass is 9.92. The van der Waals surface area contributed by atoms with Crippen molar-refractivity contribution < 1.29 is 9.47 Å². The van der Waals surface area contributed by atoms with E-state index in [-0.39, 0.29) is 0 Å². The number of likely N-dealkylation sites (tertiary alicyclic amines) is 1. The van der Waals surface area contributed by atoms with Crippen molar-refractivity contribution in [2.24, 2.45) is 0 Å². The number of nitrogens with one attached hydrogen (secondary N) is 1. The molecule has 0 spiro atoms. The van der Waals surface area contributed by atoms with Gasteiger partial charge in [-0.3, -0.25) is 0 Å². The summed E-state index contributed by atoms with van der Waals surface area (Å²) in [5.41, 5.74) is 1.07. The molecule has 0 unspecified atom stereocenters. The Morgan fingerprint density at radius 1 is 0.957 bits per heavy atom. The van der Waals surface area contributed by atoms with Gasteiger partial charge in [0.05, 0.1) is 19.9 Å². The SMILES string of the molecule is COc1ccc(NC2CCN(C3CCCCC3)CC2)c(OC)c1. The molecule has 1 saturated heterocycles. The first kappa shape index (κ1) is 16.4. The van der Waals surface area contributed by atoms with Gasteiger partial charge in [-0.05, 0) is 37.8 Å². The number of nitrogens with zero attached hydrogens (tertiary/aromatic N) is 1. The maximum atomic E-state index is 5.49. The Kier molecular flexibility index (Phi) is 5.65. The second kappa shape index (κ2) is 7.91. The van der Waals surface area contributed by atoms with Crippen LogP contribution in [0.15, 0.2) is 18.2 Å². The van der Waals surface area contributed by atoms with Gasteiger partial charge in [0.1, 0.15) is 11.5 Å². The summed E-state index contributed by atoms with van der Waals surface area (Å²) in [6, 6.07) is 7.38. The van der Waals surface area contributed by atoms with E-state index in [1.54, 1.807) is 14.2 Å². The van der Waals surface area contributed by atoms with Crippen LogP contribution < -0.4 is 14.8 Å². The third-order valence-electron chi connectivity index (χ3n) is 5.39. The van der Waals surface area contributed by atoms with Gasteiger partial charge in [0.25, 0.3) is 0 Å². The van der Waals surface area contributed by atoms with Crippen molar-refractivity contribution >= 4 is 5.69 Å². The van der Waals surface area contributed by atoms with Crippen LogP contribution in [0.2, 0.25) is 0 Å². The number of hydrogen-bond acceptors (Lipinski definition) is 4. The average Bonchev–Trinajstić information content (AvgIpc) is 2.63. The topological polar surface area (TPSA) is 33.7 Å². The number of ether oxygens (including phenoxy) is 2. The summed E-state index contributed by atoms with van der Waals surface area (Å²) in [5.74, 6) is 1.69. The first-order valence-electron chi connectivity index (χ1n) is 9.03. The molecular weight excluding hydrogens is 288 g/mol. The van der Waals surface area contributed by atoms with Gasteiger partial charge in [-0.1, -0.05) is 19.3 Å². The van der Waals surface area contributed by atoms with E-state index in [4.69, 9.17) is 9.47 Å². The minimum atomic E-state index is 0.539. The van der Waals surface area contributed by atoms with Gasteiger partial charge < -0.3 is 19.7 Å². The second-order valence-corrected chi connectivity index (χ2v) is 6.81. The maximum Gasteiger partial charge on any atom is 0.145 e. The van der Waals surface area contributed by atoms with Gasteiger partial charge in [-0.25, -0.2) is 0 Å². The van der Waals surface area contributed by atoms with Crippen molar-refractivity contribution in [2.75, 3.05) is 32.6 Å². The highest BCUT2D eigenvalue weighted by molar-refractivity contribution is 5.59. The second-order valence-electron chi connectivity index (χ2n) is 6.81. The fourth-order valence-corrected chi connectivity index (χ4v) is 3.99. The summed E-state index contributed by atoms with van der Waals surface area (Å²) in [4.78, 5) is 2.72. The van der Waals surface area contributed by atoms with E-state index in [0.717, 1.165) is 23.2 Å². The number of piperidine rings is 1. The van der Waals surface area contributed by atoms with Gasteiger partial charge in [-0.2, -0.15) is 0 Å². The Balaban J connectivity index is 1.54. The summed E-state index contributed by atoms with van der Waals surface area (Å²) < 4.78 is 10.8. The molecule has 3 rings (SSSR count). The molecular formula is C19H30N2O2. The molecule has 1 aliphatic heterocycles. The maximum absolute atomic E-state index is 5.49. The minimum Gasteiger partial charge on any atom is -0.497 e. The third kappa shape index (κ3) is 4.11. The molecule has 1 saturated carbocycles. The molecule has 0 radical (unpaired) electrons. The molecule has 1 aromatic rings. The number of anilines is 1. The van der Waals surface area contributed by atoms with E-state index in [0.29, 0.717) is 6.04 Å². The van der Waals surface area contributed by atoms with Crippen LogP contribution in [0.3, 0.4) is 0 Å². The number of hydrogen-bond donors (Lipinski definition) is 1. The lowest BCUT2D eigenvalue weighted by Crippen LogP contribution is -2.45. The number of rotatable bonds is 5. The van der Waals surface area contributed by atoms with Crippen molar-refractivity contribution in [3.63, 3.8) is 0 Å². The highest BCUT2D eigenvalue weighted by Crippen LogP contribution is 2.31. The first-order valence-corrected chi connectivity index (χ1v) is 9.03. The van der Waals surface area contributed by atoms with Crippen LogP contribution in [-0.2, 0) is 0 Å². The third-order valence-corrected chi connectivity index (χ3v) is 5.39. The molecule has 4 heteroatoms. The smallest absolute Gasteiger partial charge is 0.145 e. The van der Waals surface area contributed by atoms with Crippen LogP contribution in [-0.4, -0.2) is 44.3 Å². The molecule has 0 amide bonds. The zero-order valence-corrected chi connectivity index (χ0v) is 14.5. The summed E-state index contributed by atoms with van der Waals surface area (Å²) in [5, 5.41) is 3.67. The molecule has 128 valence electrons. The predicted octanol–water partition coefficient (Wildman–Crippen LogP) is 3.91. The van der Waals surface area contributed by atoms with E-state index < -0.39 is 0 Å².